The third kappa shape index (κ3) is 5.74. The van der Waals surface area contributed by atoms with Crippen LogP contribution in [-0.2, 0) is 6.18 Å². The standard InChI is InChI=1S/C20H24F4N4O3/c1-6-28(19(29)15-8-14(30-5)10-25-17(15)27(3)4)12(2)11-31-18-16(21)7-13(9-26-18)20(22,23)24/h7-10,12H,6,11H2,1-5H3. The van der Waals surface area contributed by atoms with Gasteiger partial charge in [0.15, 0.2) is 5.82 Å². The highest BCUT2D eigenvalue weighted by Crippen LogP contribution is 2.30. The SMILES string of the molecule is CCN(C(=O)c1cc(OC)cnc1N(C)C)C(C)COc1ncc(C(F)(F)F)cc1F. The molecule has 2 aromatic rings. The van der Waals surface area contributed by atoms with Crippen molar-refractivity contribution in [2.45, 2.75) is 26.1 Å². The summed E-state index contributed by atoms with van der Waals surface area (Å²) in [6, 6.07) is 1.35. The van der Waals surface area contributed by atoms with Gasteiger partial charge in [0.1, 0.15) is 18.2 Å². The maximum absolute atomic E-state index is 14.0. The van der Waals surface area contributed by atoms with Crippen LogP contribution in [0.5, 0.6) is 11.6 Å². The van der Waals surface area contributed by atoms with Crippen molar-refractivity contribution in [3.63, 3.8) is 0 Å². The highest BCUT2D eigenvalue weighted by atomic mass is 19.4. The number of ether oxygens (including phenoxy) is 2. The predicted molar refractivity (Wildman–Crippen MR) is 106 cm³/mol. The summed E-state index contributed by atoms with van der Waals surface area (Å²) in [7, 11) is 4.95. The van der Waals surface area contributed by atoms with Gasteiger partial charge in [-0.2, -0.15) is 13.2 Å². The molecule has 1 amide bonds. The first-order chi connectivity index (χ1) is 14.5. The molecule has 0 saturated carbocycles. The number of pyridine rings is 2. The van der Waals surface area contributed by atoms with Gasteiger partial charge < -0.3 is 19.3 Å². The number of alkyl halides is 3. The summed E-state index contributed by atoms with van der Waals surface area (Å²) in [5.41, 5.74) is -0.908. The van der Waals surface area contributed by atoms with Gasteiger partial charge in [0.25, 0.3) is 5.91 Å². The van der Waals surface area contributed by atoms with E-state index in [1.165, 1.54) is 18.2 Å². The van der Waals surface area contributed by atoms with Crippen molar-refractivity contribution < 1.29 is 31.8 Å². The summed E-state index contributed by atoms with van der Waals surface area (Å²) in [5.74, 6) is -1.31. The van der Waals surface area contributed by atoms with Crippen LogP contribution in [0.1, 0.15) is 29.8 Å². The van der Waals surface area contributed by atoms with Gasteiger partial charge in [-0.15, -0.1) is 0 Å². The Labute approximate surface area is 177 Å². The van der Waals surface area contributed by atoms with E-state index in [1.807, 2.05) is 0 Å². The fourth-order valence-corrected chi connectivity index (χ4v) is 2.85. The van der Waals surface area contributed by atoms with Gasteiger partial charge in [0, 0.05) is 26.8 Å². The Bertz CT molecular complexity index is 922. The molecule has 0 saturated heterocycles. The molecule has 0 aromatic carbocycles. The number of amides is 1. The highest BCUT2D eigenvalue weighted by molar-refractivity contribution is 5.99. The average Bonchev–Trinajstić information content (AvgIpc) is 2.71. The number of halogens is 4. The van der Waals surface area contributed by atoms with Crippen LogP contribution in [0.25, 0.3) is 0 Å². The van der Waals surface area contributed by atoms with Gasteiger partial charge in [0.2, 0.25) is 5.88 Å². The summed E-state index contributed by atoms with van der Waals surface area (Å²) in [6.45, 7) is 3.56. The molecule has 7 nitrogen and oxygen atoms in total. The summed E-state index contributed by atoms with van der Waals surface area (Å²) >= 11 is 0. The topological polar surface area (TPSA) is 67.8 Å². The third-order valence-corrected chi connectivity index (χ3v) is 4.46. The summed E-state index contributed by atoms with van der Waals surface area (Å²) in [6.07, 6.45) is -2.72. The maximum atomic E-state index is 14.0. The molecular weight excluding hydrogens is 420 g/mol. The number of hydrogen-bond donors (Lipinski definition) is 0. The second-order valence-electron chi connectivity index (χ2n) is 6.90. The minimum absolute atomic E-state index is 0.177. The molecule has 0 radical (unpaired) electrons. The van der Waals surface area contributed by atoms with Crippen LogP contribution < -0.4 is 14.4 Å². The molecule has 2 aromatic heterocycles. The van der Waals surface area contributed by atoms with Gasteiger partial charge in [-0.3, -0.25) is 4.79 Å². The molecular formula is C20H24F4N4O3. The third-order valence-electron chi connectivity index (χ3n) is 4.46. The van der Waals surface area contributed by atoms with E-state index in [0.717, 1.165) is 0 Å². The molecule has 0 aliphatic carbocycles. The maximum Gasteiger partial charge on any atom is 0.417 e. The van der Waals surface area contributed by atoms with Crippen LogP contribution >= 0.6 is 0 Å². The summed E-state index contributed by atoms with van der Waals surface area (Å²) in [4.78, 5) is 24.0. The summed E-state index contributed by atoms with van der Waals surface area (Å²) in [5, 5.41) is 0. The Morgan fingerprint density at radius 2 is 1.87 bits per heavy atom. The van der Waals surface area contributed by atoms with Crippen molar-refractivity contribution >= 4 is 11.7 Å². The van der Waals surface area contributed by atoms with Crippen molar-refractivity contribution in [2.24, 2.45) is 0 Å². The Balaban J connectivity index is 2.19. The van der Waals surface area contributed by atoms with Crippen molar-refractivity contribution in [1.29, 1.82) is 0 Å². The second kappa shape index (κ2) is 9.80. The number of carbonyl (C=O) groups is 1. The van der Waals surface area contributed by atoms with E-state index in [9.17, 15) is 22.4 Å². The van der Waals surface area contributed by atoms with E-state index in [4.69, 9.17) is 9.47 Å². The molecule has 2 rings (SSSR count). The Morgan fingerprint density at radius 1 is 1.19 bits per heavy atom. The predicted octanol–water partition coefficient (Wildman–Crippen LogP) is 3.64. The Hall–Kier alpha value is -3.11. The zero-order valence-corrected chi connectivity index (χ0v) is 17.8. The van der Waals surface area contributed by atoms with Gasteiger partial charge in [-0.25, -0.2) is 14.4 Å². The Kier molecular flexibility index (Phi) is 7.64. The zero-order valence-electron chi connectivity index (χ0n) is 17.8. The molecule has 1 unspecified atom stereocenters. The first-order valence-corrected chi connectivity index (χ1v) is 9.37. The summed E-state index contributed by atoms with van der Waals surface area (Å²) < 4.78 is 62.3. The van der Waals surface area contributed by atoms with Crippen LogP contribution in [0, 0.1) is 5.82 Å². The normalized spacial score (nSPS) is 12.3. The minimum atomic E-state index is -4.71. The molecule has 0 N–H and O–H groups in total. The molecule has 31 heavy (non-hydrogen) atoms. The number of rotatable bonds is 8. The quantitative estimate of drug-likeness (QED) is 0.580. The molecule has 1 atom stereocenters. The van der Waals surface area contributed by atoms with E-state index in [1.54, 1.807) is 38.9 Å². The molecule has 0 fully saturated rings. The first kappa shape index (κ1) is 24.2. The molecule has 0 aliphatic heterocycles. The molecule has 0 aliphatic rings. The number of hydrogen-bond acceptors (Lipinski definition) is 6. The second-order valence-corrected chi connectivity index (χ2v) is 6.90. The van der Waals surface area contributed by atoms with Crippen LogP contribution in [0.4, 0.5) is 23.4 Å². The monoisotopic (exact) mass is 444 g/mol. The van der Waals surface area contributed by atoms with Gasteiger partial charge in [-0.05, 0) is 26.0 Å². The van der Waals surface area contributed by atoms with Gasteiger partial charge >= 0.3 is 6.18 Å². The molecule has 170 valence electrons. The molecule has 0 bridgehead atoms. The molecule has 11 heteroatoms. The van der Waals surface area contributed by atoms with Gasteiger partial charge in [0.05, 0.1) is 30.5 Å². The Morgan fingerprint density at radius 3 is 2.39 bits per heavy atom. The van der Waals surface area contributed by atoms with Crippen molar-refractivity contribution in [2.75, 3.05) is 39.3 Å². The van der Waals surface area contributed by atoms with Crippen LogP contribution in [0.2, 0.25) is 0 Å². The van der Waals surface area contributed by atoms with E-state index in [-0.39, 0.29) is 12.5 Å². The smallest absolute Gasteiger partial charge is 0.417 e. The van der Waals surface area contributed by atoms with E-state index in [0.29, 0.717) is 35.9 Å². The lowest BCUT2D eigenvalue weighted by Crippen LogP contribution is -2.42. The average molecular weight is 444 g/mol. The number of methoxy groups -OCH3 is 1. The fraction of sp³-hybridized carbons (Fsp3) is 0.450. The minimum Gasteiger partial charge on any atom is -0.495 e. The first-order valence-electron chi connectivity index (χ1n) is 9.37. The highest BCUT2D eigenvalue weighted by Gasteiger charge is 2.32. The van der Waals surface area contributed by atoms with Crippen molar-refractivity contribution in [1.82, 2.24) is 14.9 Å². The lowest BCUT2D eigenvalue weighted by molar-refractivity contribution is -0.138. The van der Waals surface area contributed by atoms with Crippen molar-refractivity contribution in [3.8, 4) is 11.6 Å². The van der Waals surface area contributed by atoms with E-state index in [2.05, 4.69) is 9.97 Å². The van der Waals surface area contributed by atoms with Gasteiger partial charge in [-0.1, -0.05) is 0 Å². The number of nitrogens with zero attached hydrogens (tertiary/aromatic N) is 4. The van der Waals surface area contributed by atoms with E-state index >= 15 is 0 Å². The number of anilines is 1. The van der Waals surface area contributed by atoms with Crippen LogP contribution in [0.3, 0.4) is 0 Å². The molecule has 2 heterocycles. The lowest BCUT2D eigenvalue weighted by Gasteiger charge is -2.29. The fourth-order valence-electron chi connectivity index (χ4n) is 2.85. The van der Waals surface area contributed by atoms with Crippen LogP contribution in [-0.4, -0.2) is 61.2 Å². The largest absolute Gasteiger partial charge is 0.495 e. The number of carbonyl (C=O) groups excluding carboxylic acids is 1. The van der Waals surface area contributed by atoms with E-state index < -0.39 is 29.5 Å². The lowest BCUT2D eigenvalue weighted by atomic mass is 10.1. The van der Waals surface area contributed by atoms with Crippen molar-refractivity contribution in [3.05, 3.63) is 41.5 Å². The molecule has 0 spiro atoms. The number of likely N-dealkylation sites (N-methyl/N-ethyl adjacent to an activating group) is 1. The van der Waals surface area contributed by atoms with Crippen LogP contribution in [0.15, 0.2) is 24.5 Å². The zero-order chi connectivity index (χ0) is 23.3. The number of aromatic nitrogens is 2.